The van der Waals surface area contributed by atoms with Gasteiger partial charge in [0.2, 0.25) is 0 Å². The molecule has 1 saturated heterocycles. The van der Waals surface area contributed by atoms with E-state index >= 15 is 0 Å². The van der Waals surface area contributed by atoms with Crippen LogP contribution in [-0.4, -0.2) is 29.9 Å². The summed E-state index contributed by atoms with van der Waals surface area (Å²) in [5, 5.41) is 8.22. The molecule has 2 atom stereocenters. The fourth-order valence-electron chi connectivity index (χ4n) is 1.84. The minimum absolute atomic E-state index is 0.342. The number of hydrogen-bond acceptors (Lipinski definition) is 2. The summed E-state index contributed by atoms with van der Waals surface area (Å²) in [6, 6.07) is 2.06. The molecular formula is C10H17ClN2. The quantitative estimate of drug-likeness (QED) is 0.653. The number of likely N-dealkylation sites (tertiary alicyclic amines) is 1. The van der Waals surface area contributed by atoms with Crippen molar-refractivity contribution in [3.05, 3.63) is 0 Å². The van der Waals surface area contributed by atoms with E-state index in [1.54, 1.807) is 0 Å². The maximum absolute atomic E-state index is 8.56. The zero-order chi connectivity index (χ0) is 9.84. The van der Waals surface area contributed by atoms with Crippen LogP contribution in [0.25, 0.3) is 0 Å². The van der Waals surface area contributed by atoms with Crippen LogP contribution in [0.2, 0.25) is 0 Å². The van der Waals surface area contributed by atoms with Crippen LogP contribution in [0.15, 0.2) is 0 Å². The average Bonchev–Trinajstić information content (AvgIpc) is 2.52. The summed E-state index contributed by atoms with van der Waals surface area (Å²) in [7, 11) is 0. The van der Waals surface area contributed by atoms with Gasteiger partial charge in [0, 0.05) is 13.1 Å². The molecule has 0 aromatic rings. The summed E-state index contributed by atoms with van der Waals surface area (Å²) in [6.45, 7) is 7.46. The van der Waals surface area contributed by atoms with Crippen molar-refractivity contribution in [3.8, 4) is 6.07 Å². The molecule has 74 valence electrons. The normalized spacial score (nSPS) is 26.2. The SMILES string of the molecule is CC(C)C1CCN(CC(Cl)C#N)C1. The molecule has 1 fully saturated rings. The molecule has 0 bridgehead atoms. The van der Waals surface area contributed by atoms with Crippen molar-refractivity contribution in [2.24, 2.45) is 11.8 Å². The van der Waals surface area contributed by atoms with Crippen LogP contribution >= 0.6 is 11.6 Å². The summed E-state index contributed by atoms with van der Waals surface area (Å²) in [5.41, 5.74) is 0. The third kappa shape index (κ3) is 3.17. The molecule has 0 N–H and O–H groups in total. The largest absolute Gasteiger partial charge is 0.301 e. The molecule has 1 aliphatic rings. The fraction of sp³-hybridized carbons (Fsp3) is 0.900. The number of hydrogen-bond donors (Lipinski definition) is 0. The number of alkyl halides is 1. The lowest BCUT2D eigenvalue weighted by molar-refractivity contribution is 0.311. The van der Waals surface area contributed by atoms with E-state index in [1.807, 2.05) is 0 Å². The van der Waals surface area contributed by atoms with E-state index < -0.39 is 0 Å². The van der Waals surface area contributed by atoms with Crippen molar-refractivity contribution in [1.82, 2.24) is 4.90 Å². The minimum atomic E-state index is -0.342. The molecule has 0 saturated carbocycles. The maximum atomic E-state index is 8.56. The highest BCUT2D eigenvalue weighted by Gasteiger charge is 2.25. The number of nitriles is 1. The topological polar surface area (TPSA) is 27.0 Å². The highest BCUT2D eigenvalue weighted by Crippen LogP contribution is 2.23. The summed E-state index contributed by atoms with van der Waals surface area (Å²) < 4.78 is 0. The van der Waals surface area contributed by atoms with Gasteiger partial charge in [-0.1, -0.05) is 13.8 Å². The van der Waals surface area contributed by atoms with Gasteiger partial charge < -0.3 is 4.90 Å². The van der Waals surface area contributed by atoms with Crippen molar-refractivity contribution < 1.29 is 0 Å². The number of rotatable bonds is 3. The Morgan fingerprint density at radius 3 is 2.77 bits per heavy atom. The van der Waals surface area contributed by atoms with Gasteiger partial charge in [-0.3, -0.25) is 0 Å². The Hall–Kier alpha value is -0.260. The lowest BCUT2D eigenvalue weighted by Gasteiger charge is -2.17. The molecule has 3 heteroatoms. The van der Waals surface area contributed by atoms with Crippen LogP contribution in [0.4, 0.5) is 0 Å². The third-order valence-corrected chi connectivity index (χ3v) is 3.05. The van der Waals surface area contributed by atoms with E-state index in [0.29, 0.717) is 0 Å². The van der Waals surface area contributed by atoms with Crippen LogP contribution in [-0.2, 0) is 0 Å². The number of nitrogens with zero attached hydrogens (tertiary/aromatic N) is 2. The maximum Gasteiger partial charge on any atom is 0.133 e. The Morgan fingerprint density at radius 2 is 2.31 bits per heavy atom. The van der Waals surface area contributed by atoms with Gasteiger partial charge in [-0.25, -0.2) is 0 Å². The molecule has 0 aromatic heterocycles. The summed E-state index contributed by atoms with van der Waals surface area (Å²) in [6.07, 6.45) is 1.26. The summed E-state index contributed by atoms with van der Waals surface area (Å²) in [5.74, 6) is 1.54. The molecule has 0 amide bonds. The van der Waals surface area contributed by atoms with Gasteiger partial charge in [0.05, 0.1) is 6.07 Å². The summed E-state index contributed by atoms with van der Waals surface area (Å²) in [4.78, 5) is 2.30. The van der Waals surface area contributed by atoms with E-state index in [-0.39, 0.29) is 5.38 Å². The lowest BCUT2D eigenvalue weighted by Crippen LogP contribution is -2.28. The van der Waals surface area contributed by atoms with E-state index in [2.05, 4.69) is 24.8 Å². The predicted octanol–water partition coefficient (Wildman–Crippen LogP) is 2.10. The average molecular weight is 201 g/mol. The zero-order valence-corrected chi connectivity index (χ0v) is 9.09. The second-order valence-electron chi connectivity index (χ2n) is 4.15. The van der Waals surface area contributed by atoms with E-state index in [0.717, 1.165) is 31.5 Å². The minimum Gasteiger partial charge on any atom is -0.301 e. The molecule has 0 aromatic carbocycles. The Balaban J connectivity index is 2.30. The Bertz CT molecular complexity index is 198. The Labute approximate surface area is 85.5 Å². The van der Waals surface area contributed by atoms with E-state index in [1.165, 1.54) is 6.42 Å². The van der Waals surface area contributed by atoms with Crippen LogP contribution in [0, 0.1) is 23.2 Å². The predicted molar refractivity (Wildman–Crippen MR) is 54.6 cm³/mol. The van der Waals surface area contributed by atoms with Gasteiger partial charge in [0.15, 0.2) is 0 Å². The van der Waals surface area contributed by atoms with E-state index in [9.17, 15) is 0 Å². The van der Waals surface area contributed by atoms with Gasteiger partial charge in [0.1, 0.15) is 5.38 Å². The van der Waals surface area contributed by atoms with Crippen LogP contribution < -0.4 is 0 Å². The van der Waals surface area contributed by atoms with E-state index in [4.69, 9.17) is 16.9 Å². The third-order valence-electron chi connectivity index (χ3n) is 2.81. The molecule has 2 nitrogen and oxygen atoms in total. The second-order valence-corrected chi connectivity index (χ2v) is 4.68. The molecule has 0 radical (unpaired) electrons. The molecular weight excluding hydrogens is 184 g/mol. The van der Waals surface area contributed by atoms with Gasteiger partial charge in [-0.2, -0.15) is 5.26 Å². The summed E-state index contributed by atoms with van der Waals surface area (Å²) >= 11 is 5.77. The second kappa shape index (κ2) is 4.83. The van der Waals surface area contributed by atoms with Crippen molar-refractivity contribution in [1.29, 1.82) is 5.26 Å². The lowest BCUT2D eigenvalue weighted by atomic mass is 9.95. The highest BCUT2D eigenvalue weighted by molar-refractivity contribution is 6.22. The van der Waals surface area contributed by atoms with Crippen molar-refractivity contribution in [3.63, 3.8) is 0 Å². The standard InChI is InChI=1S/C10H17ClN2/c1-8(2)9-3-4-13(6-9)7-10(11)5-12/h8-10H,3-4,6-7H2,1-2H3. The monoisotopic (exact) mass is 200 g/mol. The molecule has 1 heterocycles. The Morgan fingerprint density at radius 1 is 1.62 bits per heavy atom. The first-order valence-corrected chi connectivity index (χ1v) is 5.33. The number of halogens is 1. The molecule has 1 rings (SSSR count). The molecule has 13 heavy (non-hydrogen) atoms. The van der Waals surface area contributed by atoms with Gasteiger partial charge >= 0.3 is 0 Å². The zero-order valence-electron chi connectivity index (χ0n) is 8.33. The molecule has 1 aliphatic heterocycles. The first kappa shape index (κ1) is 10.8. The van der Waals surface area contributed by atoms with Crippen molar-refractivity contribution in [2.75, 3.05) is 19.6 Å². The van der Waals surface area contributed by atoms with Gasteiger partial charge in [-0.05, 0) is 24.8 Å². The van der Waals surface area contributed by atoms with Crippen molar-refractivity contribution >= 4 is 11.6 Å². The van der Waals surface area contributed by atoms with Crippen LogP contribution in [0.5, 0.6) is 0 Å². The molecule has 0 spiro atoms. The van der Waals surface area contributed by atoms with Gasteiger partial charge in [-0.15, -0.1) is 11.6 Å². The highest BCUT2D eigenvalue weighted by atomic mass is 35.5. The van der Waals surface area contributed by atoms with Crippen LogP contribution in [0.1, 0.15) is 20.3 Å². The first-order chi connectivity index (χ1) is 6.13. The molecule has 2 unspecified atom stereocenters. The Kier molecular flexibility index (Phi) is 4.02. The fourth-order valence-corrected chi connectivity index (χ4v) is 2.04. The molecule has 0 aliphatic carbocycles. The van der Waals surface area contributed by atoms with Crippen molar-refractivity contribution in [2.45, 2.75) is 25.6 Å². The van der Waals surface area contributed by atoms with Gasteiger partial charge in [0.25, 0.3) is 0 Å². The first-order valence-electron chi connectivity index (χ1n) is 4.89. The smallest absolute Gasteiger partial charge is 0.133 e. The van der Waals surface area contributed by atoms with Crippen LogP contribution in [0.3, 0.4) is 0 Å².